The number of rotatable bonds is 12. The molecule has 0 radical (unpaired) electrons. The van der Waals surface area contributed by atoms with Crippen molar-refractivity contribution < 1.29 is 4.74 Å². The molecule has 0 aromatic rings. The van der Waals surface area contributed by atoms with Crippen LogP contribution in [0.2, 0.25) is 0 Å². The highest BCUT2D eigenvalue weighted by atomic mass is 16.5. The predicted molar refractivity (Wildman–Crippen MR) is 81.2 cm³/mol. The Morgan fingerprint density at radius 1 is 0.944 bits per heavy atom. The van der Waals surface area contributed by atoms with Crippen molar-refractivity contribution in [2.45, 2.75) is 90.7 Å². The van der Waals surface area contributed by atoms with E-state index in [9.17, 15) is 0 Å². The lowest BCUT2D eigenvalue weighted by Crippen LogP contribution is -2.48. The van der Waals surface area contributed by atoms with Crippen LogP contribution in [0.1, 0.15) is 79.1 Å². The van der Waals surface area contributed by atoms with E-state index in [0.717, 1.165) is 6.54 Å². The smallest absolute Gasteiger partial charge is 0.0774 e. The Morgan fingerprint density at radius 2 is 1.50 bits per heavy atom. The molecule has 0 aliphatic carbocycles. The summed E-state index contributed by atoms with van der Waals surface area (Å²) in [6.07, 6.45) is 10.9. The van der Waals surface area contributed by atoms with Crippen molar-refractivity contribution in [3.8, 4) is 0 Å². The van der Waals surface area contributed by atoms with E-state index in [4.69, 9.17) is 4.74 Å². The lowest BCUT2D eigenvalue weighted by Gasteiger charge is -2.33. The van der Waals surface area contributed by atoms with Gasteiger partial charge in [-0.05, 0) is 26.8 Å². The monoisotopic (exact) mass is 257 g/mol. The molecule has 0 fully saturated rings. The summed E-state index contributed by atoms with van der Waals surface area (Å²) >= 11 is 0. The average Bonchev–Trinajstić information content (AvgIpc) is 2.36. The normalized spacial score (nSPS) is 13.8. The maximum Gasteiger partial charge on any atom is 0.0774 e. The highest BCUT2D eigenvalue weighted by Gasteiger charge is 2.27. The van der Waals surface area contributed by atoms with Gasteiger partial charge in [-0.1, -0.05) is 58.8 Å². The quantitative estimate of drug-likeness (QED) is 0.519. The van der Waals surface area contributed by atoms with Crippen molar-refractivity contribution in [1.29, 1.82) is 0 Å². The first-order valence-corrected chi connectivity index (χ1v) is 7.87. The molecule has 0 aliphatic rings. The van der Waals surface area contributed by atoms with Crippen LogP contribution in [0.5, 0.6) is 0 Å². The van der Waals surface area contributed by atoms with Gasteiger partial charge in [0.2, 0.25) is 0 Å². The fourth-order valence-corrected chi connectivity index (χ4v) is 2.39. The number of likely N-dealkylation sites (N-methyl/N-ethyl adjacent to an activating group) is 1. The molecule has 0 aromatic carbocycles. The molecule has 0 aliphatic heterocycles. The van der Waals surface area contributed by atoms with Crippen molar-refractivity contribution in [3.63, 3.8) is 0 Å². The molecule has 1 N–H and O–H groups in total. The lowest BCUT2D eigenvalue weighted by atomic mass is 9.93. The van der Waals surface area contributed by atoms with Crippen LogP contribution in [-0.2, 0) is 4.74 Å². The predicted octanol–water partition coefficient (Wildman–Crippen LogP) is 4.53. The van der Waals surface area contributed by atoms with E-state index in [1.807, 2.05) is 7.11 Å². The first kappa shape index (κ1) is 17.9. The Labute approximate surface area is 115 Å². The SMILES string of the molecule is CCCCCCCCCC(NCC)C(C)(C)OC. The molecule has 0 spiro atoms. The van der Waals surface area contributed by atoms with Gasteiger partial charge in [0.05, 0.1) is 5.60 Å². The van der Waals surface area contributed by atoms with Crippen LogP contribution in [0, 0.1) is 0 Å². The molecule has 0 saturated carbocycles. The van der Waals surface area contributed by atoms with Gasteiger partial charge in [0.1, 0.15) is 0 Å². The van der Waals surface area contributed by atoms with Crippen LogP contribution in [0.3, 0.4) is 0 Å². The van der Waals surface area contributed by atoms with Gasteiger partial charge in [0, 0.05) is 13.2 Å². The topological polar surface area (TPSA) is 21.3 Å². The van der Waals surface area contributed by atoms with E-state index >= 15 is 0 Å². The summed E-state index contributed by atoms with van der Waals surface area (Å²) < 4.78 is 5.60. The number of ether oxygens (including phenoxy) is 1. The molecule has 1 atom stereocenters. The summed E-state index contributed by atoms with van der Waals surface area (Å²) in [5.41, 5.74) is -0.0573. The summed E-state index contributed by atoms with van der Waals surface area (Å²) in [4.78, 5) is 0. The number of hydrogen-bond acceptors (Lipinski definition) is 2. The molecule has 0 amide bonds. The van der Waals surface area contributed by atoms with E-state index in [1.165, 1.54) is 51.4 Å². The van der Waals surface area contributed by atoms with Crippen LogP contribution in [0.15, 0.2) is 0 Å². The zero-order chi connectivity index (χ0) is 13.9. The van der Waals surface area contributed by atoms with Crippen molar-refractivity contribution in [1.82, 2.24) is 5.32 Å². The van der Waals surface area contributed by atoms with Gasteiger partial charge in [0.15, 0.2) is 0 Å². The van der Waals surface area contributed by atoms with Crippen LogP contribution >= 0.6 is 0 Å². The van der Waals surface area contributed by atoms with Crippen LogP contribution in [0.4, 0.5) is 0 Å². The zero-order valence-electron chi connectivity index (χ0n) is 13.3. The number of hydrogen-bond donors (Lipinski definition) is 1. The van der Waals surface area contributed by atoms with Gasteiger partial charge in [-0.25, -0.2) is 0 Å². The third kappa shape index (κ3) is 8.10. The fraction of sp³-hybridized carbons (Fsp3) is 1.00. The highest BCUT2D eigenvalue weighted by Crippen LogP contribution is 2.19. The Bertz CT molecular complexity index is 180. The molecular formula is C16H35NO. The zero-order valence-corrected chi connectivity index (χ0v) is 13.3. The maximum atomic E-state index is 5.60. The van der Waals surface area contributed by atoms with Crippen molar-refractivity contribution in [2.75, 3.05) is 13.7 Å². The molecule has 0 saturated heterocycles. The minimum atomic E-state index is -0.0573. The van der Waals surface area contributed by atoms with Gasteiger partial charge in [-0.3, -0.25) is 0 Å². The highest BCUT2D eigenvalue weighted by molar-refractivity contribution is 4.84. The van der Waals surface area contributed by atoms with Crippen molar-refractivity contribution in [3.05, 3.63) is 0 Å². The van der Waals surface area contributed by atoms with E-state index in [-0.39, 0.29) is 5.60 Å². The van der Waals surface area contributed by atoms with Crippen molar-refractivity contribution in [2.24, 2.45) is 0 Å². The third-order valence-corrected chi connectivity index (χ3v) is 3.91. The number of nitrogens with one attached hydrogen (secondary N) is 1. The average molecular weight is 257 g/mol. The minimum absolute atomic E-state index is 0.0573. The summed E-state index contributed by atoms with van der Waals surface area (Å²) in [5, 5.41) is 3.56. The lowest BCUT2D eigenvalue weighted by molar-refractivity contribution is -0.0127. The second-order valence-corrected chi connectivity index (χ2v) is 5.83. The van der Waals surface area contributed by atoms with E-state index in [2.05, 4.69) is 33.0 Å². The van der Waals surface area contributed by atoms with Crippen LogP contribution in [-0.4, -0.2) is 25.3 Å². The molecule has 0 aromatic heterocycles. The van der Waals surface area contributed by atoms with Gasteiger partial charge < -0.3 is 10.1 Å². The molecule has 1 unspecified atom stereocenters. The molecule has 0 heterocycles. The van der Waals surface area contributed by atoms with Gasteiger partial charge in [0.25, 0.3) is 0 Å². The summed E-state index contributed by atoms with van der Waals surface area (Å²) in [5.74, 6) is 0. The Kier molecular flexibility index (Phi) is 10.8. The molecule has 18 heavy (non-hydrogen) atoms. The Morgan fingerprint density at radius 3 is 2.00 bits per heavy atom. The minimum Gasteiger partial charge on any atom is -0.377 e. The first-order chi connectivity index (χ1) is 8.58. The second-order valence-electron chi connectivity index (χ2n) is 5.83. The third-order valence-electron chi connectivity index (χ3n) is 3.91. The standard InChI is InChI=1S/C16H35NO/c1-6-8-9-10-11-12-13-14-15(17-7-2)16(3,4)18-5/h15,17H,6-14H2,1-5H3. The molecule has 0 rings (SSSR count). The fourth-order valence-electron chi connectivity index (χ4n) is 2.39. The Hall–Kier alpha value is -0.0800. The van der Waals surface area contributed by atoms with Gasteiger partial charge in [-0.15, -0.1) is 0 Å². The molecule has 2 nitrogen and oxygen atoms in total. The molecular weight excluding hydrogens is 222 g/mol. The number of unbranched alkanes of at least 4 members (excludes halogenated alkanes) is 6. The summed E-state index contributed by atoms with van der Waals surface area (Å²) in [6.45, 7) is 9.83. The van der Waals surface area contributed by atoms with Crippen LogP contribution < -0.4 is 5.32 Å². The van der Waals surface area contributed by atoms with Crippen LogP contribution in [0.25, 0.3) is 0 Å². The first-order valence-electron chi connectivity index (χ1n) is 7.87. The number of methoxy groups -OCH3 is 1. The second kappa shape index (κ2) is 10.8. The van der Waals surface area contributed by atoms with E-state index in [0.29, 0.717) is 6.04 Å². The van der Waals surface area contributed by atoms with Gasteiger partial charge in [-0.2, -0.15) is 0 Å². The molecule has 2 heteroatoms. The largest absolute Gasteiger partial charge is 0.377 e. The summed E-state index contributed by atoms with van der Waals surface area (Å²) in [7, 11) is 1.81. The Balaban J connectivity index is 3.71. The summed E-state index contributed by atoms with van der Waals surface area (Å²) in [6, 6.07) is 0.475. The molecule has 110 valence electrons. The van der Waals surface area contributed by atoms with E-state index in [1.54, 1.807) is 0 Å². The van der Waals surface area contributed by atoms with Crippen molar-refractivity contribution >= 4 is 0 Å². The van der Waals surface area contributed by atoms with Gasteiger partial charge >= 0.3 is 0 Å². The molecule has 0 bridgehead atoms. The van der Waals surface area contributed by atoms with E-state index < -0.39 is 0 Å². The maximum absolute atomic E-state index is 5.60.